The molecule has 110 valence electrons. The molecule has 1 aliphatic carbocycles. The third kappa shape index (κ3) is 2.82. The summed E-state index contributed by atoms with van der Waals surface area (Å²) < 4.78 is 0. The first-order chi connectivity index (χ1) is 9.79. The van der Waals surface area contributed by atoms with Crippen LogP contribution in [0.1, 0.15) is 44.1 Å². The first kappa shape index (κ1) is 14.2. The van der Waals surface area contributed by atoms with Gasteiger partial charge in [-0.05, 0) is 56.3 Å². The van der Waals surface area contributed by atoms with E-state index in [1.165, 1.54) is 56.3 Å². The van der Waals surface area contributed by atoms with E-state index < -0.39 is 0 Å². The Labute approximate surface area is 127 Å². The number of fused-ring (bicyclic) bond motifs is 1. The molecule has 2 fully saturated rings. The van der Waals surface area contributed by atoms with Crippen LogP contribution in [0.25, 0.3) is 0 Å². The zero-order chi connectivity index (χ0) is 13.9. The lowest BCUT2D eigenvalue weighted by atomic mass is 9.78. The molecule has 1 N–H and O–H groups in total. The molecule has 1 aromatic carbocycles. The van der Waals surface area contributed by atoms with Crippen molar-refractivity contribution in [3.8, 4) is 0 Å². The molecule has 0 bridgehead atoms. The van der Waals surface area contributed by atoms with Crippen molar-refractivity contribution in [2.24, 2.45) is 5.92 Å². The molecule has 3 heteroatoms. The molecule has 0 radical (unpaired) electrons. The van der Waals surface area contributed by atoms with E-state index in [-0.39, 0.29) is 0 Å². The van der Waals surface area contributed by atoms with Crippen molar-refractivity contribution >= 4 is 17.3 Å². The maximum absolute atomic E-state index is 6.56. The Morgan fingerprint density at radius 3 is 2.80 bits per heavy atom. The molecule has 2 aliphatic rings. The summed E-state index contributed by atoms with van der Waals surface area (Å²) in [7, 11) is 1.97. The second-order valence-electron chi connectivity index (χ2n) is 6.26. The zero-order valence-corrected chi connectivity index (χ0v) is 13.1. The molecular weight excluding hydrogens is 268 g/mol. The first-order valence-corrected chi connectivity index (χ1v) is 8.37. The maximum atomic E-state index is 6.56. The van der Waals surface area contributed by atoms with Crippen LogP contribution in [-0.2, 0) is 6.54 Å². The van der Waals surface area contributed by atoms with Crippen molar-refractivity contribution in [2.45, 2.75) is 51.1 Å². The van der Waals surface area contributed by atoms with Crippen molar-refractivity contribution in [3.05, 3.63) is 28.8 Å². The Balaban J connectivity index is 1.83. The SMILES string of the molecule is CNCc1ccc(N2CCCC3CCCCC32)c(Cl)c1. The Kier molecular flexibility index (Phi) is 4.52. The molecule has 2 nitrogen and oxygen atoms in total. The van der Waals surface area contributed by atoms with Gasteiger partial charge in [0, 0.05) is 19.1 Å². The van der Waals surface area contributed by atoms with Crippen LogP contribution in [0.3, 0.4) is 0 Å². The third-order valence-electron chi connectivity index (χ3n) is 4.95. The number of anilines is 1. The van der Waals surface area contributed by atoms with Gasteiger partial charge >= 0.3 is 0 Å². The fourth-order valence-electron chi connectivity index (χ4n) is 4.02. The smallest absolute Gasteiger partial charge is 0.0642 e. The normalized spacial score (nSPS) is 26.4. The van der Waals surface area contributed by atoms with E-state index in [1.54, 1.807) is 0 Å². The van der Waals surface area contributed by atoms with Crippen LogP contribution < -0.4 is 10.2 Å². The Bertz CT molecular complexity index is 458. The second kappa shape index (κ2) is 6.36. The summed E-state index contributed by atoms with van der Waals surface area (Å²) in [5.41, 5.74) is 2.52. The van der Waals surface area contributed by atoms with E-state index in [2.05, 4.69) is 28.4 Å². The Morgan fingerprint density at radius 2 is 2.00 bits per heavy atom. The minimum absolute atomic E-state index is 0.727. The minimum atomic E-state index is 0.727. The van der Waals surface area contributed by atoms with Crippen molar-refractivity contribution in [2.75, 3.05) is 18.5 Å². The second-order valence-corrected chi connectivity index (χ2v) is 6.67. The summed E-state index contributed by atoms with van der Waals surface area (Å²) in [4.78, 5) is 2.60. The summed E-state index contributed by atoms with van der Waals surface area (Å²) in [5, 5.41) is 4.10. The summed E-state index contributed by atoms with van der Waals surface area (Å²) in [6, 6.07) is 7.29. The number of hydrogen-bond donors (Lipinski definition) is 1. The van der Waals surface area contributed by atoms with Crippen molar-refractivity contribution in [1.82, 2.24) is 5.32 Å². The highest BCUT2D eigenvalue weighted by molar-refractivity contribution is 6.33. The van der Waals surface area contributed by atoms with Gasteiger partial charge in [-0.25, -0.2) is 0 Å². The minimum Gasteiger partial charge on any atom is -0.367 e. The van der Waals surface area contributed by atoms with Crippen LogP contribution in [-0.4, -0.2) is 19.6 Å². The van der Waals surface area contributed by atoms with Gasteiger partial charge < -0.3 is 10.2 Å². The van der Waals surface area contributed by atoms with E-state index in [0.717, 1.165) is 23.5 Å². The maximum Gasteiger partial charge on any atom is 0.0642 e. The predicted molar refractivity (Wildman–Crippen MR) is 86.5 cm³/mol. The predicted octanol–water partition coefficient (Wildman–Crippen LogP) is 4.22. The molecule has 0 spiro atoms. The van der Waals surface area contributed by atoms with Gasteiger partial charge in [0.25, 0.3) is 0 Å². The third-order valence-corrected chi connectivity index (χ3v) is 5.25. The average molecular weight is 293 g/mol. The molecule has 1 aromatic rings. The largest absolute Gasteiger partial charge is 0.367 e. The quantitative estimate of drug-likeness (QED) is 0.897. The van der Waals surface area contributed by atoms with Crippen molar-refractivity contribution in [1.29, 1.82) is 0 Å². The van der Waals surface area contributed by atoms with E-state index in [4.69, 9.17) is 11.6 Å². The number of halogens is 1. The fraction of sp³-hybridized carbons (Fsp3) is 0.647. The molecule has 1 heterocycles. The lowest BCUT2D eigenvalue weighted by molar-refractivity contribution is 0.244. The lowest BCUT2D eigenvalue weighted by Crippen LogP contribution is -2.47. The van der Waals surface area contributed by atoms with E-state index in [0.29, 0.717) is 0 Å². The summed E-state index contributed by atoms with van der Waals surface area (Å²) >= 11 is 6.56. The highest BCUT2D eigenvalue weighted by atomic mass is 35.5. The van der Waals surface area contributed by atoms with Crippen LogP contribution in [0.4, 0.5) is 5.69 Å². The van der Waals surface area contributed by atoms with Gasteiger partial charge in [0.1, 0.15) is 0 Å². The van der Waals surface area contributed by atoms with E-state index in [1.807, 2.05) is 7.05 Å². The first-order valence-electron chi connectivity index (χ1n) is 7.99. The Hall–Kier alpha value is -0.730. The molecular formula is C17H25ClN2. The topological polar surface area (TPSA) is 15.3 Å². The number of benzene rings is 1. The van der Waals surface area contributed by atoms with Crippen LogP contribution in [0.15, 0.2) is 18.2 Å². The number of piperidine rings is 1. The van der Waals surface area contributed by atoms with E-state index in [9.17, 15) is 0 Å². The van der Waals surface area contributed by atoms with Crippen molar-refractivity contribution < 1.29 is 0 Å². The molecule has 1 saturated carbocycles. The van der Waals surface area contributed by atoms with Crippen LogP contribution in [0.2, 0.25) is 5.02 Å². The molecule has 3 rings (SSSR count). The Morgan fingerprint density at radius 1 is 1.20 bits per heavy atom. The number of hydrogen-bond acceptors (Lipinski definition) is 2. The lowest BCUT2D eigenvalue weighted by Gasteiger charge is -2.45. The summed E-state index contributed by atoms with van der Waals surface area (Å²) in [6.45, 7) is 2.05. The van der Waals surface area contributed by atoms with Gasteiger partial charge in [0.15, 0.2) is 0 Å². The molecule has 0 amide bonds. The van der Waals surface area contributed by atoms with Gasteiger partial charge in [-0.3, -0.25) is 0 Å². The summed E-state index contributed by atoms with van der Waals surface area (Å²) in [6.07, 6.45) is 8.29. The fourth-order valence-corrected chi connectivity index (χ4v) is 4.33. The van der Waals surface area contributed by atoms with Crippen LogP contribution >= 0.6 is 11.6 Å². The zero-order valence-electron chi connectivity index (χ0n) is 12.4. The van der Waals surface area contributed by atoms with E-state index >= 15 is 0 Å². The molecule has 1 aliphatic heterocycles. The van der Waals surface area contributed by atoms with Gasteiger partial charge in [-0.1, -0.05) is 30.5 Å². The van der Waals surface area contributed by atoms with Crippen molar-refractivity contribution in [3.63, 3.8) is 0 Å². The average Bonchev–Trinajstić information content (AvgIpc) is 2.47. The monoisotopic (exact) mass is 292 g/mol. The summed E-state index contributed by atoms with van der Waals surface area (Å²) in [5.74, 6) is 0.894. The number of nitrogens with one attached hydrogen (secondary N) is 1. The standard InChI is InChI=1S/C17H25ClN2/c1-19-12-13-8-9-17(15(18)11-13)20-10-4-6-14-5-2-3-7-16(14)20/h8-9,11,14,16,19H,2-7,10,12H2,1H3. The molecule has 2 unspecified atom stereocenters. The molecule has 0 aromatic heterocycles. The van der Waals surface area contributed by atoms with Crippen LogP contribution in [0.5, 0.6) is 0 Å². The van der Waals surface area contributed by atoms with Gasteiger partial charge in [0.2, 0.25) is 0 Å². The molecule has 20 heavy (non-hydrogen) atoms. The molecule has 2 atom stereocenters. The van der Waals surface area contributed by atoms with Crippen LogP contribution in [0, 0.1) is 5.92 Å². The number of rotatable bonds is 3. The molecule has 1 saturated heterocycles. The highest BCUT2D eigenvalue weighted by Gasteiger charge is 2.33. The van der Waals surface area contributed by atoms with Gasteiger partial charge in [-0.2, -0.15) is 0 Å². The highest BCUT2D eigenvalue weighted by Crippen LogP contribution is 2.40. The number of nitrogens with zero attached hydrogens (tertiary/aromatic N) is 1. The van der Waals surface area contributed by atoms with Gasteiger partial charge in [-0.15, -0.1) is 0 Å². The van der Waals surface area contributed by atoms with Gasteiger partial charge in [0.05, 0.1) is 10.7 Å².